The van der Waals surface area contributed by atoms with Crippen LogP contribution < -0.4 is 19.3 Å². The van der Waals surface area contributed by atoms with E-state index < -0.39 is 23.7 Å². The van der Waals surface area contributed by atoms with Crippen molar-refractivity contribution in [1.29, 1.82) is 0 Å². The molecule has 1 atom stereocenters. The third kappa shape index (κ3) is 4.21. The van der Waals surface area contributed by atoms with Gasteiger partial charge < -0.3 is 24.2 Å². The lowest BCUT2D eigenvalue weighted by Gasteiger charge is -2.28. The molecule has 194 valence electrons. The van der Waals surface area contributed by atoms with Crippen LogP contribution in [0.2, 0.25) is 0 Å². The van der Waals surface area contributed by atoms with Crippen LogP contribution in [0.4, 0.5) is 11.4 Å². The first-order valence-electron chi connectivity index (χ1n) is 12.0. The van der Waals surface area contributed by atoms with Crippen molar-refractivity contribution in [1.82, 2.24) is 0 Å². The summed E-state index contributed by atoms with van der Waals surface area (Å²) in [5.41, 5.74) is 2.40. The zero-order chi connectivity index (χ0) is 27.0. The number of anilines is 2. The third-order valence-corrected chi connectivity index (χ3v) is 6.77. The quantitative estimate of drug-likeness (QED) is 0.236. The number of ether oxygens (including phenoxy) is 3. The normalized spacial score (nSPS) is 18.1. The smallest absolute Gasteiger partial charge is 0.337 e. The van der Waals surface area contributed by atoms with Crippen molar-refractivity contribution in [2.45, 2.75) is 6.04 Å². The molecule has 1 fully saturated rings. The van der Waals surface area contributed by atoms with Crippen LogP contribution in [-0.2, 0) is 14.3 Å². The van der Waals surface area contributed by atoms with Crippen LogP contribution in [0.15, 0.2) is 72.3 Å². The van der Waals surface area contributed by atoms with Crippen LogP contribution in [0.25, 0.3) is 5.76 Å². The highest BCUT2D eigenvalue weighted by atomic mass is 16.5. The van der Waals surface area contributed by atoms with Crippen molar-refractivity contribution in [2.24, 2.45) is 0 Å². The summed E-state index contributed by atoms with van der Waals surface area (Å²) in [6, 6.07) is 17.3. The lowest BCUT2D eigenvalue weighted by atomic mass is 9.94. The van der Waals surface area contributed by atoms with Gasteiger partial charge in [0.25, 0.3) is 11.7 Å². The maximum atomic E-state index is 13.4. The highest BCUT2D eigenvalue weighted by molar-refractivity contribution is 6.51. The van der Waals surface area contributed by atoms with Crippen molar-refractivity contribution in [3.63, 3.8) is 0 Å². The highest BCUT2D eigenvalue weighted by Gasteiger charge is 2.47. The van der Waals surface area contributed by atoms with E-state index in [1.54, 1.807) is 61.7 Å². The molecule has 0 aliphatic carbocycles. The number of fused-ring (bicyclic) bond motifs is 1. The molecule has 0 saturated carbocycles. The number of carbonyl (C=O) groups is 3. The van der Waals surface area contributed by atoms with Gasteiger partial charge in [0, 0.05) is 18.3 Å². The van der Waals surface area contributed by atoms with Crippen LogP contribution in [-0.4, -0.2) is 57.2 Å². The lowest BCUT2D eigenvalue weighted by molar-refractivity contribution is -0.132. The Kier molecular flexibility index (Phi) is 6.50. The molecule has 2 aliphatic heterocycles. The number of carbonyl (C=O) groups excluding carboxylic acids is 3. The maximum absolute atomic E-state index is 13.4. The van der Waals surface area contributed by atoms with E-state index in [-0.39, 0.29) is 11.3 Å². The summed E-state index contributed by atoms with van der Waals surface area (Å²) < 4.78 is 15.7. The van der Waals surface area contributed by atoms with Crippen LogP contribution >= 0.6 is 0 Å². The van der Waals surface area contributed by atoms with Crippen molar-refractivity contribution in [3.8, 4) is 11.5 Å². The Labute approximate surface area is 219 Å². The molecule has 2 heterocycles. The first-order chi connectivity index (χ1) is 18.3. The van der Waals surface area contributed by atoms with Gasteiger partial charge in [-0.2, -0.15) is 0 Å². The number of hydrogen-bond acceptors (Lipinski definition) is 8. The molecule has 3 aromatic rings. The number of methoxy groups -OCH3 is 2. The van der Waals surface area contributed by atoms with E-state index in [1.165, 1.54) is 24.1 Å². The van der Waals surface area contributed by atoms with Gasteiger partial charge >= 0.3 is 5.97 Å². The first-order valence-corrected chi connectivity index (χ1v) is 12.0. The fourth-order valence-electron chi connectivity index (χ4n) is 4.73. The Morgan fingerprint density at radius 2 is 1.66 bits per heavy atom. The van der Waals surface area contributed by atoms with Gasteiger partial charge in [0.05, 0.1) is 43.6 Å². The summed E-state index contributed by atoms with van der Waals surface area (Å²) in [7, 11) is 4.74. The van der Waals surface area contributed by atoms with Crippen molar-refractivity contribution in [2.75, 3.05) is 44.2 Å². The molecule has 38 heavy (non-hydrogen) atoms. The van der Waals surface area contributed by atoms with Crippen molar-refractivity contribution < 1.29 is 33.7 Å². The Morgan fingerprint density at radius 3 is 2.32 bits per heavy atom. The van der Waals surface area contributed by atoms with E-state index in [0.29, 0.717) is 47.0 Å². The van der Waals surface area contributed by atoms with Crippen LogP contribution in [0.5, 0.6) is 11.5 Å². The van der Waals surface area contributed by atoms with Crippen LogP contribution in [0, 0.1) is 0 Å². The maximum Gasteiger partial charge on any atom is 0.337 e. The number of aliphatic hydroxyl groups is 1. The summed E-state index contributed by atoms with van der Waals surface area (Å²) >= 11 is 0. The minimum Gasteiger partial charge on any atom is -0.507 e. The zero-order valence-electron chi connectivity index (χ0n) is 21.1. The zero-order valence-corrected chi connectivity index (χ0v) is 21.1. The molecular formula is C29H26N2O7. The number of benzene rings is 3. The molecule has 9 heteroatoms. The fraction of sp³-hybridized carbons (Fsp3) is 0.207. The molecule has 5 rings (SSSR count). The molecule has 1 N–H and O–H groups in total. The number of Topliss-reactive ketones (excluding diaryl/α,β-unsaturated/α-hetero) is 1. The Hall–Kier alpha value is -4.79. The molecule has 0 aromatic heterocycles. The number of ketones is 1. The average molecular weight is 515 g/mol. The number of amides is 1. The molecular weight excluding hydrogens is 488 g/mol. The molecule has 3 aromatic carbocycles. The summed E-state index contributed by atoms with van der Waals surface area (Å²) in [5, 5.41) is 11.5. The topological polar surface area (TPSA) is 106 Å². The summed E-state index contributed by atoms with van der Waals surface area (Å²) in [6.45, 7) is 1.22. The molecule has 0 radical (unpaired) electrons. The molecule has 9 nitrogen and oxygen atoms in total. The molecule has 1 saturated heterocycles. The molecule has 0 bridgehead atoms. The van der Waals surface area contributed by atoms with Gasteiger partial charge in [0.1, 0.15) is 23.9 Å². The SMILES string of the molecule is COC(=O)c1ccc(N2C(=O)C(=O)/C(=C(\O)c3ccc4c(c3)N(C)CCO4)C2c2ccc(OC)cc2)cc1. The Morgan fingerprint density at radius 1 is 0.974 bits per heavy atom. The molecule has 2 aliphatic rings. The van der Waals surface area contributed by atoms with E-state index in [9.17, 15) is 19.5 Å². The first kappa shape index (κ1) is 24.9. The lowest BCUT2D eigenvalue weighted by Crippen LogP contribution is -2.29. The number of nitrogens with zero attached hydrogens (tertiary/aromatic N) is 2. The minimum atomic E-state index is -0.921. The largest absolute Gasteiger partial charge is 0.507 e. The molecule has 0 spiro atoms. The number of likely N-dealkylation sites (N-methyl/N-ethyl adjacent to an activating group) is 1. The number of aliphatic hydroxyl groups excluding tert-OH is 1. The second kappa shape index (κ2) is 9.93. The molecule has 1 unspecified atom stereocenters. The van der Waals surface area contributed by atoms with Crippen LogP contribution in [0.1, 0.15) is 27.5 Å². The predicted molar refractivity (Wildman–Crippen MR) is 141 cm³/mol. The summed E-state index contributed by atoms with van der Waals surface area (Å²) in [6.07, 6.45) is 0. The minimum absolute atomic E-state index is 0.0449. The van der Waals surface area contributed by atoms with Crippen LogP contribution in [0.3, 0.4) is 0 Å². The van der Waals surface area contributed by atoms with Gasteiger partial charge in [-0.05, 0) is 60.2 Å². The molecule has 1 amide bonds. The number of esters is 1. The fourth-order valence-corrected chi connectivity index (χ4v) is 4.73. The monoisotopic (exact) mass is 514 g/mol. The second-order valence-corrected chi connectivity index (χ2v) is 8.93. The van der Waals surface area contributed by atoms with Gasteiger partial charge in [0.15, 0.2) is 0 Å². The van der Waals surface area contributed by atoms with Gasteiger partial charge in [-0.25, -0.2) is 4.79 Å². The van der Waals surface area contributed by atoms with E-state index in [4.69, 9.17) is 14.2 Å². The van der Waals surface area contributed by atoms with Gasteiger partial charge in [0.2, 0.25) is 0 Å². The predicted octanol–water partition coefficient (Wildman–Crippen LogP) is 3.94. The van der Waals surface area contributed by atoms with Gasteiger partial charge in [-0.15, -0.1) is 0 Å². The van der Waals surface area contributed by atoms with E-state index >= 15 is 0 Å². The standard InChI is InChI=1S/C29H26N2O7/c1-30-14-15-38-23-13-8-19(16-22(23)30)26(32)24-25(17-6-11-21(36-2)12-7-17)31(28(34)27(24)33)20-9-4-18(5-10-20)29(35)37-3/h4-13,16,25,32H,14-15H2,1-3H3/b26-24-. The van der Waals surface area contributed by atoms with E-state index in [1.807, 2.05) is 11.9 Å². The second-order valence-electron chi connectivity index (χ2n) is 8.93. The van der Waals surface area contributed by atoms with Gasteiger partial charge in [-0.1, -0.05) is 12.1 Å². The summed E-state index contributed by atoms with van der Waals surface area (Å²) in [4.78, 5) is 42.1. The Balaban J connectivity index is 1.66. The Bertz CT molecular complexity index is 1440. The third-order valence-electron chi connectivity index (χ3n) is 6.77. The number of hydrogen-bond donors (Lipinski definition) is 1. The number of rotatable bonds is 5. The average Bonchev–Trinajstić information content (AvgIpc) is 3.22. The highest BCUT2D eigenvalue weighted by Crippen LogP contribution is 2.43. The van der Waals surface area contributed by atoms with Crippen molar-refractivity contribution in [3.05, 3.63) is 89.0 Å². The van der Waals surface area contributed by atoms with Crippen molar-refractivity contribution >= 4 is 34.8 Å². The van der Waals surface area contributed by atoms with Gasteiger partial charge in [-0.3, -0.25) is 14.5 Å². The van der Waals surface area contributed by atoms with E-state index in [2.05, 4.69) is 0 Å². The van der Waals surface area contributed by atoms with E-state index in [0.717, 1.165) is 5.69 Å². The summed E-state index contributed by atoms with van der Waals surface area (Å²) in [5.74, 6) is -1.15.